The van der Waals surface area contributed by atoms with Gasteiger partial charge >= 0.3 is 5.97 Å². The molecule has 0 aliphatic rings. The number of nitrogens with two attached hydrogens (primary N) is 1. The smallest absolute Gasteiger partial charge is 0.335 e. The predicted molar refractivity (Wildman–Crippen MR) is 71.7 cm³/mol. The Labute approximate surface area is 116 Å². The third-order valence-corrected chi connectivity index (χ3v) is 3.82. The lowest BCUT2D eigenvalue weighted by Crippen LogP contribution is -2.37. The van der Waals surface area contributed by atoms with Gasteiger partial charge < -0.3 is 16.2 Å². The molecule has 0 spiro atoms. The Hall–Kier alpha value is -2.13. The molecule has 0 heterocycles. The fraction of sp³-hybridized carbons (Fsp3) is 0.273. The molecule has 0 aliphatic carbocycles. The van der Waals surface area contributed by atoms with Gasteiger partial charge in [0.05, 0.1) is 17.8 Å². The molecule has 0 unspecified atom stereocenters. The minimum atomic E-state index is -3.98. The molecule has 8 nitrogen and oxygen atoms in total. The van der Waals surface area contributed by atoms with Crippen LogP contribution in [0, 0.1) is 0 Å². The van der Waals surface area contributed by atoms with Gasteiger partial charge in [-0.1, -0.05) is 0 Å². The van der Waals surface area contributed by atoms with Crippen LogP contribution in [0.2, 0.25) is 0 Å². The molecule has 0 bridgehead atoms. The van der Waals surface area contributed by atoms with Crippen LogP contribution < -0.4 is 15.8 Å². The van der Waals surface area contributed by atoms with Gasteiger partial charge in [-0.25, -0.2) is 17.9 Å². The molecule has 0 fully saturated rings. The summed E-state index contributed by atoms with van der Waals surface area (Å²) in [5.74, 6) is -1.69. The monoisotopic (exact) mass is 301 g/mol. The largest absolute Gasteiger partial charge is 0.478 e. The number of rotatable bonds is 6. The topological polar surface area (TPSA) is 139 Å². The standard InChI is InChI=1S/C11H15N3O5S/c1-2-13-10(15)6-14-20(18,19)9-4-3-7(11(16)17)5-8(9)12/h3-5,14H,2,6,12H2,1H3,(H,13,15)(H,16,17). The lowest BCUT2D eigenvalue weighted by Gasteiger charge is -2.09. The van der Waals surface area contributed by atoms with Crippen molar-refractivity contribution in [3.63, 3.8) is 0 Å². The van der Waals surface area contributed by atoms with Gasteiger partial charge in [0.25, 0.3) is 0 Å². The van der Waals surface area contributed by atoms with Crippen LogP contribution >= 0.6 is 0 Å². The SMILES string of the molecule is CCNC(=O)CNS(=O)(=O)c1ccc(C(=O)O)cc1N. The van der Waals surface area contributed by atoms with Gasteiger partial charge in [0.2, 0.25) is 15.9 Å². The number of nitrogen functional groups attached to an aromatic ring is 1. The van der Waals surface area contributed by atoms with Crippen molar-refractivity contribution in [3.05, 3.63) is 23.8 Å². The number of carbonyl (C=O) groups excluding carboxylic acids is 1. The first-order valence-corrected chi connectivity index (χ1v) is 7.15. The van der Waals surface area contributed by atoms with E-state index in [0.29, 0.717) is 6.54 Å². The van der Waals surface area contributed by atoms with Gasteiger partial charge in [-0.15, -0.1) is 0 Å². The Kier molecular flexibility index (Phi) is 5.06. The lowest BCUT2D eigenvalue weighted by molar-refractivity contribution is -0.119. The van der Waals surface area contributed by atoms with Crippen LogP contribution in [0.25, 0.3) is 0 Å². The van der Waals surface area contributed by atoms with Crippen LogP contribution in [0.3, 0.4) is 0 Å². The minimum Gasteiger partial charge on any atom is -0.478 e. The zero-order valence-electron chi connectivity index (χ0n) is 10.7. The number of likely N-dealkylation sites (N-methyl/N-ethyl adjacent to an activating group) is 1. The highest BCUT2D eigenvalue weighted by atomic mass is 32.2. The first kappa shape index (κ1) is 15.9. The number of carboxylic acids is 1. The maximum Gasteiger partial charge on any atom is 0.335 e. The van der Waals surface area contributed by atoms with Crippen molar-refractivity contribution in [3.8, 4) is 0 Å². The van der Waals surface area contributed by atoms with Crippen molar-refractivity contribution in [1.29, 1.82) is 0 Å². The van der Waals surface area contributed by atoms with E-state index in [4.69, 9.17) is 10.8 Å². The van der Waals surface area contributed by atoms with Gasteiger partial charge in [-0.05, 0) is 25.1 Å². The maximum atomic E-state index is 11.9. The first-order valence-electron chi connectivity index (χ1n) is 5.67. The zero-order chi connectivity index (χ0) is 15.3. The summed E-state index contributed by atoms with van der Waals surface area (Å²) < 4.78 is 25.9. The van der Waals surface area contributed by atoms with E-state index in [1.165, 1.54) is 0 Å². The number of amides is 1. The summed E-state index contributed by atoms with van der Waals surface area (Å²) >= 11 is 0. The number of carboxylic acid groups (broad SMARTS) is 1. The molecule has 20 heavy (non-hydrogen) atoms. The van der Waals surface area contributed by atoms with Gasteiger partial charge in [-0.2, -0.15) is 0 Å². The van der Waals surface area contributed by atoms with E-state index in [0.717, 1.165) is 18.2 Å². The van der Waals surface area contributed by atoms with E-state index >= 15 is 0 Å². The predicted octanol–water partition coefficient (Wildman–Crippen LogP) is -0.619. The van der Waals surface area contributed by atoms with Gasteiger partial charge in [0.15, 0.2) is 0 Å². The Balaban J connectivity index is 2.93. The molecule has 0 saturated carbocycles. The molecular weight excluding hydrogens is 286 g/mol. The number of aromatic carboxylic acids is 1. The molecule has 0 aliphatic heterocycles. The van der Waals surface area contributed by atoms with Crippen LogP contribution in [0.5, 0.6) is 0 Å². The fourth-order valence-corrected chi connectivity index (χ4v) is 2.52. The molecule has 5 N–H and O–H groups in total. The summed E-state index contributed by atoms with van der Waals surface area (Å²) in [6, 6.07) is 3.25. The van der Waals surface area contributed by atoms with E-state index in [1.54, 1.807) is 6.92 Å². The summed E-state index contributed by atoms with van der Waals surface area (Å²) in [5, 5.41) is 11.2. The number of benzene rings is 1. The Morgan fingerprint density at radius 1 is 1.35 bits per heavy atom. The fourth-order valence-electron chi connectivity index (χ4n) is 1.42. The van der Waals surface area contributed by atoms with Crippen molar-refractivity contribution in [2.45, 2.75) is 11.8 Å². The van der Waals surface area contributed by atoms with Gasteiger partial charge in [-0.3, -0.25) is 4.79 Å². The number of carbonyl (C=O) groups is 2. The maximum absolute atomic E-state index is 11.9. The van der Waals surface area contributed by atoms with Crippen LogP contribution in [-0.2, 0) is 14.8 Å². The second-order valence-corrected chi connectivity index (χ2v) is 5.57. The normalized spacial score (nSPS) is 11.1. The van der Waals surface area contributed by atoms with Crippen LogP contribution in [-0.4, -0.2) is 38.5 Å². The lowest BCUT2D eigenvalue weighted by atomic mass is 10.2. The number of sulfonamides is 1. The first-order chi connectivity index (χ1) is 9.27. The second-order valence-electron chi connectivity index (χ2n) is 3.84. The van der Waals surface area contributed by atoms with Gasteiger partial charge in [0.1, 0.15) is 4.90 Å². The summed E-state index contributed by atoms with van der Waals surface area (Å²) in [7, 11) is -3.98. The van der Waals surface area contributed by atoms with Gasteiger partial charge in [0, 0.05) is 6.54 Å². The number of anilines is 1. The minimum absolute atomic E-state index is 0.120. The molecular formula is C11H15N3O5S. The van der Waals surface area contributed by atoms with Crippen molar-refractivity contribution in [1.82, 2.24) is 10.0 Å². The number of nitrogens with one attached hydrogen (secondary N) is 2. The van der Waals surface area contributed by atoms with Crippen molar-refractivity contribution >= 4 is 27.6 Å². The van der Waals surface area contributed by atoms with E-state index in [2.05, 4.69) is 10.0 Å². The van der Waals surface area contributed by atoms with E-state index in [-0.39, 0.29) is 16.1 Å². The number of hydrogen-bond donors (Lipinski definition) is 4. The zero-order valence-corrected chi connectivity index (χ0v) is 11.5. The Morgan fingerprint density at radius 3 is 2.50 bits per heavy atom. The molecule has 0 saturated heterocycles. The molecule has 0 radical (unpaired) electrons. The number of hydrogen-bond acceptors (Lipinski definition) is 5. The van der Waals surface area contributed by atoms with Crippen LogP contribution in [0.15, 0.2) is 23.1 Å². The van der Waals surface area contributed by atoms with Crippen LogP contribution in [0.4, 0.5) is 5.69 Å². The highest BCUT2D eigenvalue weighted by Crippen LogP contribution is 2.19. The molecule has 1 amide bonds. The summed E-state index contributed by atoms with van der Waals surface area (Å²) in [4.78, 5) is 21.7. The summed E-state index contributed by atoms with van der Waals surface area (Å²) in [6.45, 7) is 1.67. The Bertz CT molecular complexity index is 627. The average Bonchev–Trinajstić information content (AvgIpc) is 2.36. The summed E-state index contributed by atoms with van der Waals surface area (Å²) in [5.41, 5.74) is 5.21. The van der Waals surface area contributed by atoms with Crippen LogP contribution in [0.1, 0.15) is 17.3 Å². The van der Waals surface area contributed by atoms with Crippen molar-refractivity contribution in [2.75, 3.05) is 18.8 Å². The quantitative estimate of drug-likeness (QED) is 0.517. The van der Waals surface area contributed by atoms with E-state index in [1.807, 2.05) is 0 Å². The highest BCUT2D eigenvalue weighted by Gasteiger charge is 2.19. The van der Waals surface area contributed by atoms with E-state index in [9.17, 15) is 18.0 Å². The molecule has 1 aromatic rings. The van der Waals surface area contributed by atoms with Crippen molar-refractivity contribution in [2.24, 2.45) is 0 Å². The third-order valence-electron chi connectivity index (χ3n) is 2.34. The molecule has 1 rings (SSSR count). The molecule has 0 aromatic heterocycles. The average molecular weight is 301 g/mol. The molecule has 110 valence electrons. The Morgan fingerprint density at radius 2 is 2.00 bits per heavy atom. The third kappa shape index (κ3) is 3.93. The van der Waals surface area contributed by atoms with Crippen molar-refractivity contribution < 1.29 is 23.1 Å². The summed E-state index contributed by atoms with van der Waals surface area (Å²) in [6.07, 6.45) is 0. The molecule has 0 atom stereocenters. The highest BCUT2D eigenvalue weighted by molar-refractivity contribution is 7.89. The van der Waals surface area contributed by atoms with E-state index < -0.39 is 28.4 Å². The molecule has 9 heteroatoms. The molecule has 1 aromatic carbocycles. The second kappa shape index (κ2) is 6.35.